The number of halogens is 2. The molecule has 0 fully saturated rings. The lowest BCUT2D eigenvalue weighted by Crippen LogP contribution is -2.25. The van der Waals surface area contributed by atoms with Crippen LogP contribution in [0.2, 0.25) is 0 Å². The summed E-state index contributed by atoms with van der Waals surface area (Å²) in [7, 11) is 0. The molecule has 1 N–H and O–H groups in total. The highest BCUT2D eigenvalue weighted by Crippen LogP contribution is 2.03. The summed E-state index contributed by atoms with van der Waals surface area (Å²) in [5, 5.41) is 2.69. The highest BCUT2D eigenvalue weighted by atomic mass is 35.5. The smallest absolute Gasteiger partial charge is 0.251 e. The van der Waals surface area contributed by atoms with E-state index >= 15 is 0 Å². The average molecular weight is 230 g/mol. The molecule has 0 heterocycles. The van der Waals surface area contributed by atoms with Gasteiger partial charge in [-0.1, -0.05) is 6.07 Å². The number of hydrogen-bond acceptors (Lipinski definition) is 1. The van der Waals surface area contributed by atoms with Crippen LogP contribution in [0.5, 0.6) is 0 Å². The quantitative estimate of drug-likeness (QED) is 0.790. The Hall–Kier alpha value is -1.09. The molecule has 0 radical (unpaired) electrons. The number of rotatable bonds is 4. The summed E-state index contributed by atoms with van der Waals surface area (Å²) in [6.45, 7) is 2.36. The van der Waals surface area contributed by atoms with Crippen LogP contribution in [-0.4, -0.2) is 17.8 Å². The third kappa shape index (κ3) is 4.30. The Morgan fingerprint density at radius 1 is 1.60 bits per heavy atom. The molecule has 1 unspecified atom stereocenters. The Labute approximate surface area is 93.4 Å². The fourth-order valence-electron chi connectivity index (χ4n) is 1.12. The molecule has 0 saturated carbocycles. The van der Waals surface area contributed by atoms with E-state index in [1.54, 1.807) is 6.07 Å². The molecular weight excluding hydrogens is 217 g/mol. The van der Waals surface area contributed by atoms with Gasteiger partial charge < -0.3 is 5.32 Å². The Balaban J connectivity index is 2.47. The van der Waals surface area contributed by atoms with E-state index < -0.39 is 5.82 Å². The third-order valence-corrected chi connectivity index (χ3v) is 2.13. The molecule has 0 aliphatic rings. The van der Waals surface area contributed by atoms with Crippen LogP contribution in [0.3, 0.4) is 0 Å². The highest BCUT2D eigenvalue weighted by molar-refractivity contribution is 6.20. The van der Waals surface area contributed by atoms with E-state index in [1.165, 1.54) is 18.2 Å². The van der Waals surface area contributed by atoms with E-state index in [0.717, 1.165) is 0 Å². The zero-order valence-electron chi connectivity index (χ0n) is 8.47. The first kappa shape index (κ1) is 12.0. The van der Waals surface area contributed by atoms with Gasteiger partial charge in [-0.25, -0.2) is 4.39 Å². The predicted octanol–water partition coefficient (Wildman–Crippen LogP) is 2.57. The van der Waals surface area contributed by atoms with Crippen molar-refractivity contribution in [2.24, 2.45) is 0 Å². The lowest BCUT2D eigenvalue weighted by molar-refractivity contribution is 0.0953. The summed E-state index contributed by atoms with van der Waals surface area (Å²) < 4.78 is 12.8. The molecule has 15 heavy (non-hydrogen) atoms. The van der Waals surface area contributed by atoms with Gasteiger partial charge in [-0.2, -0.15) is 0 Å². The van der Waals surface area contributed by atoms with Crippen molar-refractivity contribution in [3.63, 3.8) is 0 Å². The van der Waals surface area contributed by atoms with E-state index in [-0.39, 0.29) is 11.3 Å². The van der Waals surface area contributed by atoms with Crippen LogP contribution in [0, 0.1) is 5.82 Å². The van der Waals surface area contributed by atoms with E-state index in [1.807, 2.05) is 6.92 Å². The zero-order chi connectivity index (χ0) is 11.3. The molecule has 1 aromatic carbocycles. The number of benzene rings is 1. The maximum atomic E-state index is 12.8. The Kier molecular flexibility index (Phi) is 4.56. The Morgan fingerprint density at radius 2 is 2.33 bits per heavy atom. The maximum Gasteiger partial charge on any atom is 0.251 e. The molecule has 4 heteroatoms. The van der Waals surface area contributed by atoms with Crippen LogP contribution in [0.4, 0.5) is 4.39 Å². The van der Waals surface area contributed by atoms with Crippen LogP contribution in [-0.2, 0) is 0 Å². The minimum Gasteiger partial charge on any atom is -0.352 e. The molecule has 1 aromatic rings. The van der Waals surface area contributed by atoms with Gasteiger partial charge in [-0.05, 0) is 31.5 Å². The van der Waals surface area contributed by atoms with Gasteiger partial charge in [-0.3, -0.25) is 4.79 Å². The Morgan fingerprint density at radius 3 is 2.93 bits per heavy atom. The number of amides is 1. The SMILES string of the molecule is CC(Cl)CCNC(=O)c1cccc(F)c1. The van der Waals surface area contributed by atoms with Crippen LogP contribution in [0.1, 0.15) is 23.7 Å². The fourth-order valence-corrected chi connectivity index (χ4v) is 1.23. The first-order valence-electron chi connectivity index (χ1n) is 4.77. The van der Waals surface area contributed by atoms with Crippen molar-refractivity contribution < 1.29 is 9.18 Å². The predicted molar refractivity (Wildman–Crippen MR) is 58.7 cm³/mol. The van der Waals surface area contributed by atoms with Crippen LogP contribution < -0.4 is 5.32 Å². The van der Waals surface area contributed by atoms with Gasteiger partial charge in [0.15, 0.2) is 0 Å². The summed E-state index contributed by atoms with van der Waals surface area (Å²) in [5.41, 5.74) is 0.331. The van der Waals surface area contributed by atoms with Gasteiger partial charge in [0.25, 0.3) is 5.91 Å². The van der Waals surface area contributed by atoms with Gasteiger partial charge in [0.05, 0.1) is 0 Å². The molecular formula is C11H13ClFNO. The molecule has 0 bridgehead atoms. The monoisotopic (exact) mass is 229 g/mol. The molecule has 2 nitrogen and oxygen atoms in total. The molecule has 1 amide bonds. The summed E-state index contributed by atoms with van der Waals surface area (Å²) in [6.07, 6.45) is 0.697. The summed E-state index contributed by atoms with van der Waals surface area (Å²) in [6, 6.07) is 5.59. The van der Waals surface area contributed by atoms with Crippen molar-refractivity contribution in [2.75, 3.05) is 6.54 Å². The lowest BCUT2D eigenvalue weighted by Gasteiger charge is -2.06. The highest BCUT2D eigenvalue weighted by Gasteiger charge is 2.05. The molecule has 0 spiro atoms. The first-order chi connectivity index (χ1) is 7.09. The van der Waals surface area contributed by atoms with E-state index in [0.29, 0.717) is 18.5 Å². The summed E-state index contributed by atoms with van der Waals surface area (Å²) in [4.78, 5) is 11.5. The first-order valence-corrected chi connectivity index (χ1v) is 5.21. The van der Waals surface area contributed by atoms with Crippen molar-refractivity contribution in [3.05, 3.63) is 35.6 Å². The maximum absolute atomic E-state index is 12.8. The number of hydrogen-bond donors (Lipinski definition) is 1. The van der Waals surface area contributed by atoms with Gasteiger partial charge in [0.2, 0.25) is 0 Å². The minimum absolute atomic E-state index is 0.0257. The van der Waals surface area contributed by atoms with Gasteiger partial charge in [0.1, 0.15) is 5.82 Å². The third-order valence-electron chi connectivity index (χ3n) is 1.91. The van der Waals surface area contributed by atoms with E-state index in [9.17, 15) is 9.18 Å². The number of alkyl halides is 1. The van der Waals surface area contributed by atoms with Crippen molar-refractivity contribution >= 4 is 17.5 Å². The van der Waals surface area contributed by atoms with Gasteiger partial charge >= 0.3 is 0 Å². The van der Waals surface area contributed by atoms with Crippen molar-refractivity contribution in [1.82, 2.24) is 5.32 Å². The zero-order valence-corrected chi connectivity index (χ0v) is 9.22. The van der Waals surface area contributed by atoms with Gasteiger partial charge in [-0.15, -0.1) is 11.6 Å². The van der Waals surface area contributed by atoms with Gasteiger partial charge in [0, 0.05) is 17.5 Å². The molecule has 1 rings (SSSR count). The number of carbonyl (C=O) groups excluding carboxylic acids is 1. The van der Waals surface area contributed by atoms with Crippen LogP contribution in [0.15, 0.2) is 24.3 Å². The van der Waals surface area contributed by atoms with E-state index in [4.69, 9.17) is 11.6 Å². The molecule has 0 aliphatic carbocycles. The lowest BCUT2D eigenvalue weighted by atomic mass is 10.2. The van der Waals surface area contributed by atoms with E-state index in [2.05, 4.69) is 5.32 Å². The van der Waals surface area contributed by atoms with Crippen LogP contribution in [0.25, 0.3) is 0 Å². The normalized spacial score (nSPS) is 12.2. The number of nitrogens with one attached hydrogen (secondary N) is 1. The van der Waals surface area contributed by atoms with Crippen molar-refractivity contribution in [3.8, 4) is 0 Å². The molecule has 0 aliphatic heterocycles. The largest absolute Gasteiger partial charge is 0.352 e. The minimum atomic E-state index is -0.409. The molecule has 82 valence electrons. The summed E-state index contributed by atoms with van der Waals surface area (Å²) >= 11 is 5.72. The standard InChI is InChI=1S/C11H13ClFNO/c1-8(12)5-6-14-11(15)9-3-2-4-10(13)7-9/h2-4,7-8H,5-6H2,1H3,(H,14,15). The second kappa shape index (κ2) is 5.71. The summed E-state index contributed by atoms with van der Waals surface area (Å²) in [5.74, 6) is -0.680. The van der Waals surface area contributed by atoms with Crippen molar-refractivity contribution in [1.29, 1.82) is 0 Å². The second-order valence-electron chi connectivity index (χ2n) is 3.34. The number of carbonyl (C=O) groups is 1. The van der Waals surface area contributed by atoms with Crippen LogP contribution >= 0.6 is 11.6 Å². The average Bonchev–Trinajstić information content (AvgIpc) is 2.17. The molecule has 0 saturated heterocycles. The molecule has 1 atom stereocenters. The molecule has 0 aromatic heterocycles. The topological polar surface area (TPSA) is 29.1 Å². The second-order valence-corrected chi connectivity index (χ2v) is 4.08. The Bertz CT molecular complexity index is 341. The van der Waals surface area contributed by atoms with Crippen molar-refractivity contribution in [2.45, 2.75) is 18.7 Å². The fraction of sp³-hybridized carbons (Fsp3) is 0.364.